The van der Waals surface area contributed by atoms with Gasteiger partial charge in [0, 0.05) is 16.1 Å². The van der Waals surface area contributed by atoms with E-state index >= 15 is 0 Å². The lowest BCUT2D eigenvalue weighted by Gasteiger charge is -2.08. The first-order valence-electron chi connectivity index (χ1n) is 5.75. The number of oxime groups is 1. The Balaban J connectivity index is 2.04. The second kappa shape index (κ2) is 6.25. The molecular weight excluding hydrogens is 283 g/mol. The van der Waals surface area contributed by atoms with E-state index < -0.39 is 5.82 Å². The second-order valence-corrected chi connectivity index (χ2v) is 4.47. The third-order valence-electron chi connectivity index (χ3n) is 2.67. The maximum Gasteiger partial charge on any atom is 0.170 e. The quantitative estimate of drug-likeness (QED) is 0.394. The maximum atomic E-state index is 13.5. The van der Waals surface area contributed by atoms with Gasteiger partial charge in [0.15, 0.2) is 5.84 Å². The summed E-state index contributed by atoms with van der Waals surface area (Å²) >= 11 is 5.67. The molecule has 2 aromatic carbocycles. The standard InChI is InChI=1S/C14H12ClFN2O2/c15-11-4-1-10(13(16)7-11)8-20-12-5-2-9(3-6-12)14(17)18-19/h1-7,19H,8H2,(H2,17,18). The number of halogens is 2. The van der Waals surface area contributed by atoms with Gasteiger partial charge < -0.3 is 15.7 Å². The number of hydrogen-bond acceptors (Lipinski definition) is 3. The van der Waals surface area contributed by atoms with Crippen LogP contribution in [0.25, 0.3) is 0 Å². The van der Waals surface area contributed by atoms with Crippen LogP contribution in [0.5, 0.6) is 5.75 Å². The van der Waals surface area contributed by atoms with E-state index in [4.69, 9.17) is 27.3 Å². The van der Waals surface area contributed by atoms with Gasteiger partial charge in [0.1, 0.15) is 18.2 Å². The SMILES string of the molecule is N/C(=N/O)c1ccc(OCc2ccc(Cl)cc2F)cc1. The molecule has 0 saturated heterocycles. The minimum atomic E-state index is -0.411. The third-order valence-corrected chi connectivity index (χ3v) is 2.90. The summed E-state index contributed by atoms with van der Waals surface area (Å²) in [5.74, 6) is 0.153. The lowest BCUT2D eigenvalue weighted by molar-refractivity contribution is 0.300. The molecule has 0 aliphatic carbocycles. The molecule has 0 radical (unpaired) electrons. The molecule has 0 aliphatic rings. The van der Waals surface area contributed by atoms with Crippen molar-refractivity contribution in [2.45, 2.75) is 6.61 Å². The molecule has 6 heteroatoms. The van der Waals surface area contributed by atoms with Gasteiger partial charge in [-0.3, -0.25) is 0 Å². The van der Waals surface area contributed by atoms with Gasteiger partial charge in [-0.2, -0.15) is 0 Å². The fraction of sp³-hybridized carbons (Fsp3) is 0.0714. The summed E-state index contributed by atoms with van der Waals surface area (Å²) in [6.45, 7) is 0.0892. The second-order valence-electron chi connectivity index (χ2n) is 4.03. The molecule has 0 saturated carbocycles. The van der Waals surface area contributed by atoms with Crippen LogP contribution < -0.4 is 10.5 Å². The molecule has 0 aromatic heterocycles. The first-order chi connectivity index (χ1) is 9.60. The minimum Gasteiger partial charge on any atom is -0.489 e. The van der Waals surface area contributed by atoms with Gasteiger partial charge in [-0.1, -0.05) is 22.8 Å². The van der Waals surface area contributed by atoms with Crippen LogP contribution in [0, 0.1) is 5.82 Å². The van der Waals surface area contributed by atoms with Crippen molar-refractivity contribution in [2.75, 3.05) is 0 Å². The van der Waals surface area contributed by atoms with Crippen molar-refractivity contribution in [3.8, 4) is 5.75 Å². The molecule has 0 amide bonds. The van der Waals surface area contributed by atoms with Crippen molar-refractivity contribution < 1.29 is 14.3 Å². The predicted octanol–water partition coefficient (Wildman–Crippen LogP) is 3.15. The van der Waals surface area contributed by atoms with E-state index in [1.165, 1.54) is 6.07 Å². The van der Waals surface area contributed by atoms with E-state index in [-0.39, 0.29) is 12.4 Å². The fourth-order valence-electron chi connectivity index (χ4n) is 1.58. The summed E-state index contributed by atoms with van der Waals surface area (Å²) in [6.07, 6.45) is 0. The summed E-state index contributed by atoms with van der Waals surface area (Å²) in [7, 11) is 0. The zero-order valence-corrected chi connectivity index (χ0v) is 11.1. The van der Waals surface area contributed by atoms with Crippen molar-refractivity contribution >= 4 is 17.4 Å². The highest BCUT2D eigenvalue weighted by molar-refractivity contribution is 6.30. The Labute approximate surface area is 120 Å². The fourth-order valence-corrected chi connectivity index (χ4v) is 1.74. The lowest BCUT2D eigenvalue weighted by atomic mass is 10.2. The number of ether oxygens (including phenoxy) is 1. The number of nitrogens with two attached hydrogens (primary N) is 1. The minimum absolute atomic E-state index is 0.0142. The van der Waals surface area contributed by atoms with Gasteiger partial charge in [-0.25, -0.2) is 4.39 Å². The van der Waals surface area contributed by atoms with Gasteiger partial charge in [-0.05, 0) is 36.4 Å². The van der Waals surface area contributed by atoms with Gasteiger partial charge in [0.25, 0.3) is 0 Å². The van der Waals surface area contributed by atoms with Gasteiger partial charge in [0.2, 0.25) is 0 Å². The maximum absolute atomic E-state index is 13.5. The largest absolute Gasteiger partial charge is 0.489 e. The van der Waals surface area contributed by atoms with E-state index in [1.807, 2.05) is 0 Å². The van der Waals surface area contributed by atoms with E-state index in [0.29, 0.717) is 21.9 Å². The van der Waals surface area contributed by atoms with Crippen molar-refractivity contribution in [3.05, 3.63) is 64.4 Å². The zero-order chi connectivity index (χ0) is 14.5. The van der Waals surface area contributed by atoms with Crippen LogP contribution in [0.15, 0.2) is 47.6 Å². The van der Waals surface area contributed by atoms with E-state index in [2.05, 4.69) is 5.16 Å². The molecule has 20 heavy (non-hydrogen) atoms. The first kappa shape index (κ1) is 14.1. The van der Waals surface area contributed by atoms with Crippen LogP contribution in [0.3, 0.4) is 0 Å². The Kier molecular flexibility index (Phi) is 4.42. The number of rotatable bonds is 4. The summed E-state index contributed by atoms with van der Waals surface area (Å²) in [5.41, 5.74) is 6.42. The molecule has 0 aliphatic heterocycles. The molecule has 0 heterocycles. The molecular formula is C14H12ClFN2O2. The Morgan fingerprint density at radius 1 is 1.25 bits per heavy atom. The average molecular weight is 295 g/mol. The number of hydrogen-bond donors (Lipinski definition) is 2. The van der Waals surface area contributed by atoms with Crippen LogP contribution in [-0.2, 0) is 6.61 Å². The van der Waals surface area contributed by atoms with Crippen molar-refractivity contribution in [2.24, 2.45) is 10.9 Å². The monoisotopic (exact) mass is 294 g/mol. The van der Waals surface area contributed by atoms with Crippen molar-refractivity contribution in [1.29, 1.82) is 0 Å². The number of amidine groups is 1. The molecule has 0 fully saturated rings. The highest BCUT2D eigenvalue weighted by Crippen LogP contribution is 2.18. The van der Waals surface area contributed by atoms with E-state index in [0.717, 1.165) is 0 Å². The zero-order valence-electron chi connectivity index (χ0n) is 10.4. The Morgan fingerprint density at radius 2 is 1.95 bits per heavy atom. The van der Waals surface area contributed by atoms with E-state index in [9.17, 15) is 4.39 Å². The highest BCUT2D eigenvalue weighted by Gasteiger charge is 2.04. The molecule has 0 unspecified atom stereocenters. The molecule has 0 spiro atoms. The number of nitrogens with zero attached hydrogens (tertiary/aromatic N) is 1. The Bertz CT molecular complexity index is 630. The summed E-state index contributed by atoms with van der Waals surface area (Å²) in [5, 5.41) is 11.8. The van der Waals surface area contributed by atoms with Crippen LogP contribution in [0.4, 0.5) is 4.39 Å². The molecule has 2 rings (SSSR count). The average Bonchev–Trinajstić information content (AvgIpc) is 2.46. The predicted molar refractivity (Wildman–Crippen MR) is 74.7 cm³/mol. The van der Waals surface area contributed by atoms with Crippen LogP contribution in [0.2, 0.25) is 5.02 Å². The Hall–Kier alpha value is -2.27. The molecule has 4 nitrogen and oxygen atoms in total. The van der Waals surface area contributed by atoms with Crippen molar-refractivity contribution in [3.63, 3.8) is 0 Å². The highest BCUT2D eigenvalue weighted by atomic mass is 35.5. The first-order valence-corrected chi connectivity index (χ1v) is 6.12. The molecule has 0 bridgehead atoms. The third kappa shape index (κ3) is 3.39. The normalized spacial score (nSPS) is 11.4. The Morgan fingerprint density at radius 3 is 2.55 bits per heavy atom. The summed E-state index contributed by atoms with van der Waals surface area (Å²) in [4.78, 5) is 0. The van der Waals surface area contributed by atoms with Crippen LogP contribution >= 0.6 is 11.6 Å². The number of benzene rings is 2. The topological polar surface area (TPSA) is 67.8 Å². The molecule has 3 N–H and O–H groups in total. The van der Waals surface area contributed by atoms with E-state index in [1.54, 1.807) is 36.4 Å². The van der Waals surface area contributed by atoms with Crippen LogP contribution in [-0.4, -0.2) is 11.0 Å². The summed E-state index contributed by atoms with van der Waals surface area (Å²) in [6, 6.07) is 11.0. The molecule has 104 valence electrons. The summed E-state index contributed by atoms with van der Waals surface area (Å²) < 4.78 is 19.0. The van der Waals surface area contributed by atoms with Crippen molar-refractivity contribution in [1.82, 2.24) is 0 Å². The smallest absolute Gasteiger partial charge is 0.170 e. The lowest BCUT2D eigenvalue weighted by Crippen LogP contribution is -2.12. The van der Waals surface area contributed by atoms with Crippen LogP contribution in [0.1, 0.15) is 11.1 Å². The van der Waals surface area contributed by atoms with Gasteiger partial charge >= 0.3 is 0 Å². The van der Waals surface area contributed by atoms with Gasteiger partial charge in [0.05, 0.1) is 0 Å². The molecule has 2 aromatic rings. The van der Waals surface area contributed by atoms with Gasteiger partial charge in [-0.15, -0.1) is 0 Å². The molecule has 0 atom stereocenters.